The molecule has 0 aliphatic heterocycles. The first-order valence-corrected chi connectivity index (χ1v) is 7.11. The standard InChI is InChI=1S/C12H23N3OS/c1-11(2)16-7-4-5-13-6-8-17-12-9-14-15(3)10-12/h9-11,13H,4-8H2,1-3H3. The van der Waals surface area contributed by atoms with E-state index in [0.717, 1.165) is 31.9 Å². The molecule has 0 spiro atoms. The van der Waals surface area contributed by atoms with E-state index in [9.17, 15) is 0 Å². The van der Waals surface area contributed by atoms with E-state index in [1.807, 2.05) is 35.9 Å². The van der Waals surface area contributed by atoms with Crippen LogP contribution in [0.3, 0.4) is 0 Å². The van der Waals surface area contributed by atoms with Gasteiger partial charge in [-0.3, -0.25) is 4.68 Å². The normalized spacial score (nSPS) is 11.3. The predicted molar refractivity (Wildman–Crippen MR) is 72.5 cm³/mol. The van der Waals surface area contributed by atoms with Crippen LogP contribution in [0.4, 0.5) is 0 Å². The van der Waals surface area contributed by atoms with Crippen molar-refractivity contribution in [1.29, 1.82) is 0 Å². The lowest BCUT2D eigenvalue weighted by Gasteiger charge is -2.07. The van der Waals surface area contributed by atoms with Crippen molar-refractivity contribution in [3.05, 3.63) is 12.4 Å². The summed E-state index contributed by atoms with van der Waals surface area (Å²) in [5.41, 5.74) is 0. The van der Waals surface area contributed by atoms with Crippen molar-refractivity contribution in [1.82, 2.24) is 15.1 Å². The third kappa shape index (κ3) is 7.41. The van der Waals surface area contributed by atoms with Crippen LogP contribution in [0.2, 0.25) is 0 Å². The molecule has 0 aliphatic carbocycles. The second-order valence-corrected chi connectivity index (χ2v) is 5.39. The lowest BCUT2D eigenvalue weighted by atomic mass is 10.4. The zero-order valence-corrected chi connectivity index (χ0v) is 11.8. The van der Waals surface area contributed by atoms with Crippen LogP contribution in [0.25, 0.3) is 0 Å². The molecule has 1 N–H and O–H groups in total. The second-order valence-electron chi connectivity index (χ2n) is 4.22. The summed E-state index contributed by atoms with van der Waals surface area (Å²) < 4.78 is 7.30. The molecule has 17 heavy (non-hydrogen) atoms. The minimum Gasteiger partial charge on any atom is -0.379 e. The van der Waals surface area contributed by atoms with Gasteiger partial charge < -0.3 is 10.1 Å². The SMILES string of the molecule is CC(C)OCCCNCCSc1cnn(C)c1. The zero-order chi connectivity index (χ0) is 12.5. The Labute approximate surface area is 108 Å². The molecule has 98 valence electrons. The van der Waals surface area contributed by atoms with Crippen molar-refractivity contribution in [2.45, 2.75) is 31.3 Å². The molecule has 0 amide bonds. The van der Waals surface area contributed by atoms with Crippen molar-refractivity contribution in [2.75, 3.05) is 25.4 Å². The predicted octanol–water partition coefficient (Wildman–Crippen LogP) is 1.92. The number of nitrogens with one attached hydrogen (secondary N) is 1. The van der Waals surface area contributed by atoms with Gasteiger partial charge in [-0.25, -0.2) is 0 Å². The summed E-state index contributed by atoms with van der Waals surface area (Å²) in [5.74, 6) is 1.08. The van der Waals surface area contributed by atoms with E-state index in [4.69, 9.17) is 4.74 Å². The van der Waals surface area contributed by atoms with Gasteiger partial charge in [0.15, 0.2) is 0 Å². The number of hydrogen-bond donors (Lipinski definition) is 1. The van der Waals surface area contributed by atoms with Gasteiger partial charge in [-0.1, -0.05) is 0 Å². The maximum atomic E-state index is 5.46. The van der Waals surface area contributed by atoms with Gasteiger partial charge in [-0.15, -0.1) is 11.8 Å². The van der Waals surface area contributed by atoms with Crippen molar-refractivity contribution < 1.29 is 4.74 Å². The van der Waals surface area contributed by atoms with Gasteiger partial charge in [0.2, 0.25) is 0 Å². The van der Waals surface area contributed by atoms with Crippen LogP contribution in [0.1, 0.15) is 20.3 Å². The number of hydrogen-bond acceptors (Lipinski definition) is 4. The molecule has 1 rings (SSSR count). The van der Waals surface area contributed by atoms with Crippen LogP contribution in [0.15, 0.2) is 17.3 Å². The van der Waals surface area contributed by atoms with Crippen molar-refractivity contribution in [2.24, 2.45) is 7.05 Å². The molecule has 0 saturated carbocycles. The molecule has 0 saturated heterocycles. The first kappa shape index (κ1) is 14.5. The molecule has 1 heterocycles. The van der Waals surface area contributed by atoms with E-state index in [-0.39, 0.29) is 0 Å². The van der Waals surface area contributed by atoms with Crippen LogP contribution >= 0.6 is 11.8 Å². The lowest BCUT2D eigenvalue weighted by Crippen LogP contribution is -2.20. The number of ether oxygens (including phenoxy) is 1. The number of nitrogens with zero attached hydrogens (tertiary/aromatic N) is 2. The molecule has 1 aromatic heterocycles. The van der Waals surface area contributed by atoms with E-state index in [2.05, 4.69) is 24.3 Å². The van der Waals surface area contributed by atoms with Crippen LogP contribution in [-0.2, 0) is 11.8 Å². The Morgan fingerprint density at radius 2 is 2.29 bits per heavy atom. The van der Waals surface area contributed by atoms with Gasteiger partial charge in [0.1, 0.15) is 0 Å². The third-order valence-electron chi connectivity index (χ3n) is 2.18. The van der Waals surface area contributed by atoms with E-state index in [0.29, 0.717) is 6.10 Å². The molecular formula is C12H23N3OS. The molecule has 0 bridgehead atoms. The first-order valence-electron chi connectivity index (χ1n) is 6.12. The molecule has 0 aliphatic rings. The first-order chi connectivity index (χ1) is 8.18. The summed E-state index contributed by atoms with van der Waals surface area (Å²) in [4.78, 5) is 1.23. The van der Waals surface area contributed by atoms with Gasteiger partial charge >= 0.3 is 0 Å². The van der Waals surface area contributed by atoms with Gasteiger partial charge in [0, 0.05) is 37.0 Å². The number of aromatic nitrogens is 2. The van der Waals surface area contributed by atoms with Gasteiger partial charge in [-0.2, -0.15) is 5.10 Å². The molecule has 0 unspecified atom stereocenters. The van der Waals surface area contributed by atoms with Crippen molar-refractivity contribution >= 4 is 11.8 Å². The highest BCUT2D eigenvalue weighted by Crippen LogP contribution is 2.14. The summed E-state index contributed by atoms with van der Waals surface area (Å²) in [6, 6.07) is 0. The number of aryl methyl sites for hydroxylation is 1. The summed E-state index contributed by atoms with van der Waals surface area (Å²) in [6.07, 6.45) is 5.37. The fraction of sp³-hybridized carbons (Fsp3) is 0.750. The highest BCUT2D eigenvalue weighted by Gasteiger charge is 1.96. The topological polar surface area (TPSA) is 39.1 Å². The molecule has 5 heteroatoms. The maximum Gasteiger partial charge on any atom is 0.0625 e. The average Bonchev–Trinajstić information content (AvgIpc) is 2.68. The number of rotatable bonds is 9. The highest BCUT2D eigenvalue weighted by molar-refractivity contribution is 7.99. The van der Waals surface area contributed by atoms with Crippen LogP contribution < -0.4 is 5.32 Å². The Morgan fingerprint density at radius 1 is 1.47 bits per heavy atom. The molecular weight excluding hydrogens is 234 g/mol. The van der Waals surface area contributed by atoms with E-state index in [1.165, 1.54) is 4.90 Å². The van der Waals surface area contributed by atoms with Crippen molar-refractivity contribution in [3.63, 3.8) is 0 Å². The number of thioether (sulfide) groups is 1. The lowest BCUT2D eigenvalue weighted by molar-refractivity contribution is 0.0772. The average molecular weight is 257 g/mol. The molecule has 1 aromatic rings. The molecule has 4 nitrogen and oxygen atoms in total. The largest absolute Gasteiger partial charge is 0.379 e. The minimum absolute atomic E-state index is 0.344. The van der Waals surface area contributed by atoms with Gasteiger partial charge in [0.05, 0.1) is 12.3 Å². The zero-order valence-electron chi connectivity index (χ0n) is 11.0. The molecule has 0 fully saturated rings. The minimum atomic E-state index is 0.344. The fourth-order valence-electron chi connectivity index (χ4n) is 1.36. The monoisotopic (exact) mass is 257 g/mol. The van der Waals surface area contributed by atoms with Crippen LogP contribution in [-0.4, -0.2) is 41.3 Å². The summed E-state index contributed by atoms with van der Waals surface area (Å²) in [6.45, 7) is 7.04. The van der Waals surface area contributed by atoms with E-state index < -0.39 is 0 Å². The molecule has 0 radical (unpaired) electrons. The Balaban J connectivity index is 1.88. The summed E-state index contributed by atoms with van der Waals surface area (Å²) in [7, 11) is 1.94. The van der Waals surface area contributed by atoms with Gasteiger partial charge in [0.25, 0.3) is 0 Å². The van der Waals surface area contributed by atoms with E-state index in [1.54, 1.807) is 0 Å². The fourth-order valence-corrected chi connectivity index (χ4v) is 2.19. The van der Waals surface area contributed by atoms with E-state index >= 15 is 0 Å². The summed E-state index contributed by atoms with van der Waals surface area (Å²) >= 11 is 1.83. The second kappa shape index (κ2) is 8.55. The quantitative estimate of drug-likeness (QED) is 0.542. The summed E-state index contributed by atoms with van der Waals surface area (Å²) in [5, 5.41) is 7.54. The van der Waals surface area contributed by atoms with Crippen LogP contribution in [0.5, 0.6) is 0 Å². The Kier molecular flexibility index (Phi) is 7.32. The molecule has 0 atom stereocenters. The Morgan fingerprint density at radius 3 is 2.94 bits per heavy atom. The maximum absolute atomic E-state index is 5.46. The Hall–Kier alpha value is -0.520. The van der Waals surface area contributed by atoms with Gasteiger partial charge in [-0.05, 0) is 26.8 Å². The highest BCUT2D eigenvalue weighted by atomic mass is 32.2. The third-order valence-corrected chi connectivity index (χ3v) is 3.13. The van der Waals surface area contributed by atoms with Crippen LogP contribution in [0, 0.1) is 0 Å². The van der Waals surface area contributed by atoms with Crippen molar-refractivity contribution in [3.8, 4) is 0 Å². The Bertz CT molecular complexity index is 302. The smallest absolute Gasteiger partial charge is 0.0625 e. The molecule has 0 aromatic carbocycles.